The van der Waals surface area contributed by atoms with Crippen LogP contribution in [-0.2, 0) is 9.84 Å². The van der Waals surface area contributed by atoms with Crippen LogP contribution in [0.3, 0.4) is 0 Å². The molecule has 4 aromatic rings. The normalized spacial score (nSPS) is 11.5. The quantitative estimate of drug-likeness (QED) is 0.221. The molecule has 4 rings (SSSR count). The first-order valence-electron chi connectivity index (χ1n) is 9.56. The summed E-state index contributed by atoms with van der Waals surface area (Å²) >= 11 is 0. The standard InChI is InChI=1S/C21H18N2O8S/c1-14-12-19(24)30-18-13-15(8-9-17(14)18)28-10-5-11-29-20-21(23(25)31-22-20)32(26,27)16-6-3-2-4-7-16/h2-4,6-9,12-13H,5,10-11H2,1H3. The van der Waals surface area contributed by atoms with Gasteiger partial charge in [0.25, 0.3) is 9.84 Å². The van der Waals surface area contributed by atoms with Gasteiger partial charge >= 0.3 is 16.5 Å². The molecular weight excluding hydrogens is 440 g/mol. The van der Waals surface area contributed by atoms with Crippen LogP contribution in [0.2, 0.25) is 0 Å². The predicted molar refractivity (Wildman–Crippen MR) is 110 cm³/mol. The second-order valence-corrected chi connectivity index (χ2v) is 8.68. The van der Waals surface area contributed by atoms with Crippen molar-refractivity contribution in [3.8, 4) is 11.6 Å². The van der Waals surface area contributed by atoms with Crippen molar-refractivity contribution in [3.63, 3.8) is 0 Å². The van der Waals surface area contributed by atoms with E-state index < -0.39 is 26.4 Å². The van der Waals surface area contributed by atoms with Gasteiger partial charge in [-0.05, 0) is 41.7 Å². The van der Waals surface area contributed by atoms with Crippen LogP contribution < -0.4 is 20.0 Å². The van der Waals surface area contributed by atoms with E-state index in [1.165, 1.54) is 30.3 Å². The summed E-state index contributed by atoms with van der Waals surface area (Å²) in [6, 6.07) is 14.0. The van der Waals surface area contributed by atoms with Gasteiger partial charge in [0.05, 0.1) is 23.3 Å². The van der Waals surface area contributed by atoms with Gasteiger partial charge in [0.1, 0.15) is 11.3 Å². The Labute approximate surface area is 182 Å². The molecule has 0 amide bonds. The minimum Gasteiger partial charge on any atom is -0.493 e. The zero-order chi connectivity index (χ0) is 22.7. The average Bonchev–Trinajstić information content (AvgIpc) is 3.15. The minimum absolute atomic E-state index is 0.0195. The lowest BCUT2D eigenvalue weighted by Gasteiger charge is -2.07. The van der Waals surface area contributed by atoms with Crippen molar-refractivity contribution < 1.29 is 31.8 Å². The Morgan fingerprint density at radius 2 is 1.81 bits per heavy atom. The Hall–Kier alpha value is -3.86. The van der Waals surface area contributed by atoms with Gasteiger partial charge in [-0.2, -0.15) is 0 Å². The first-order valence-corrected chi connectivity index (χ1v) is 11.0. The number of benzene rings is 2. The molecule has 0 aliphatic heterocycles. The molecule has 2 heterocycles. The number of aromatic nitrogens is 2. The molecule has 0 aliphatic rings. The zero-order valence-electron chi connectivity index (χ0n) is 16.9. The lowest BCUT2D eigenvalue weighted by Crippen LogP contribution is -2.31. The molecule has 0 radical (unpaired) electrons. The van der Waals surface area contributed by atoms with Crippen molar-refractivity contribution in [2.45, 2.75) is 23.3 Å². The maximum atomic E-state index is 12.7. The number of hydrogen-bond acceptors (Lipinski definition) is 9. The van der Waals surface area contributed by atoms with Crippen molar-refractivity contribution in [1.82, 2.24) is 5.16 Å². The molecule has 0 bridgehead atoms. The summed E-state index contributed by atoms with van der Waals surface area (Å²) in [5.41, 5.74) is 0.785. The van der Waals surface area contributed by atoms with Crippen LogP contribution in [0.15, 0.2) is 78.4 Å². The van der Waals surface area contributed by atoms with E-state index in [4.69, 9.17) is 13.9 Å². The van der Waals surface area contributed by atoms with Gasteiger partial charge in [-0.25, -0.2) is 13.2 Å². The van der Waals surface area contributed by atoms with E-state index in [1.54, 1.807) is 24.3 Å². The van der Waals surface area contributed by atoms with E-state index in [-0.39, 0.29) is 23.0 Å². The monoisotopic (exact) mass is 458 g/mol. The fraction of sp³-hybridized carbons (Fsp3) is 0.190. The topological polar surface area (TPSA) is 136 Å². The Kier molecular flexibility index (Phi) is 5.82. The summed E-state index contributed by atoms with van der Waals surface area (Å²) in [7, 11) is -4.17. The van der Waals surface area contributed by atoms with E-state index in [2.05, 4.69) is 9.79 Å². The highest BCUT2D eigenvalue weighted by atomic mass is 32.2. The molecule has 10 nitrogen and oxygen atoms in total. The molecule has 0 saturated heterocycles. The van der Waals surface area contributed by atoms with Crippen LogP contribution in [0.5, 0.6) is 11.6 Å². The summed E-state index contributed by atoms with van der Waals surface area (Å²) < 4.78 is 46.0. The largest absolute Gasteiger partial charge is 0.493 e. The number of nitrogens with zero attached hydrogens (tertiary/aromatic N) is 2. The van der Waals surface area contributed by atoms with E-state index in [1.807, 2.05) is 6.92 Å². The zero-order valence-corrected chi connectivity index (χ0v) is 17.7. The van der Waals surface area contributed by atoms with E-state index >= 15 is 0 Å². The second kappa shape index (κ2) is 8.71. The molecule has 2 aromatic carbocycles. The third kappa shape index (κ3) is 4.28. The van der Waals surface area contributed by atoms with Crippen molar-refractivity contribution in [2.75, 3.05) is 13.2 Å². The van der Waals surface area contributed by atoms with Crippen molar-refractivity contribution in [3.05, 3.63) is 75.8 Å². The fourth-order valence-corrected chi connectivity index (χ4v) is 4.35. The van der Waals surface area contributed by atoms with Crippen LogP contribution in [-0.4, -0.2) is 26.8 Å². The summed E-state index contributed by atoms with van der Waals surface area (Å²) in [4.78, 5) is 11.3. The van der Waals surface area contributed by atoms with E-state index in [9.17, 15) is 18.4 Å². The molecule has 0 atom stereocenters. The highest BCUT2D eigenvalue weighted by molar-refractivity contribution is 7.91. The van der Waals surface area contributed by atoms with Crippen LogP contribution in [0, 0.1) is 12.1 Å². The maximum Gasteiger partial charge on any atom is 0.414 e. The third-order valence-corrected chi connectivity index (χ3v) is 6.30. The SMILES string of the molecule is Cc1cc(=O)oc2cc(OCCCOc3no[n+]([O-])c3S(=O)(=O)c3ccccc3)ccc12. The molecule has 0 N–H and O–H groups in total. The molecule has 0 aliphatic carbocycles. The molecule has 0 fully saturated rings. The van der Waals surface area contributed by atoms with Gasteiger partial charge < -0.3 is 19.1 Å². The van der Waals surface area contributed by atoms with Crippen LogP contribution in [0.1, 0.15) is 12.0 Å². The van der Waals surface area contributed by atoms with Crippen LogP contribution in [0.25, 0.3) is 11.0 Å². The number of hydrogen-bond donors (Lipinski definition) is 0. The van der Waals surface area contributed by atoms with E-state index in [0.717, 1.165) is 10.9 Å². The number of rotatable bonds is 8. The number of ether oxygens (including phenoxy) is 2. The van der Waals surface area contributed by atoms with Crippen molar-refractivity contribution in [1.29, 1.82) is 0 Å². The van der Waals surface area contributed by atoms with Crippen molar-refractivity contribution in [2.24, 2.45) is 0 Å². The summed E-state index contributed by atoms with van der Waals surface area (Å²) in [6.45, 7) is 2.06. The van der Waals surface area contributed by atoms with Gasteiger partial charge in [-0.3, -0.25) is 4.63 Å². The molecule has 0 saturated carbocycles. The minimum atomic E-state index is -4.17. The van der Waals surface area contributed by atoms with Gasteiger partial charge in [0, 0.05) is 23.9 Å². The Morgan fingerprint density at radius 3 is 2.59 bits per heavy atom. The first kappa shape index (κ1) is 21.4. The predicted octanol–water partition coefficient (Wildman–Crippen LogP) is 2.40. The summed E-state index contributed by atoms with van der Waals surface area (Å²) in [5, 5.41) is 15.4. The number of fused-ring (bicyclic) bond motifs is 1. The lowest BCUT2D eigenvalue weighted by atomic mass is 10.1. The molecule has 0 unspecified atom stereocenters. The maximum absolute atomic E-state index is 12.7. The fourth-order valence-electron chi connectivity index (χ4n) is 3.05. The molecule has 32 heavy (non-hydrogen) atoms. The highest BCUT2D eigenvalue weighted by Crippen LogP contribution is 2.25. The van der Waals surface area contributed by atoms with Gasteiger partial charge in [0.2, 0.25) is 0 Å². The second-order valence-electron chi connectivity index (χ2n) is 6.81. The highest BCUT2D eigenvalue weighted by Gasteiger charge is 2.35. The van der Waals surface area contributed by atoms with Gasteiger partial charge in [-0.1, -0.05) is 18.2 Å². The van der Waals surface area contributed by atoms with Crippen LogP contribution in [0.4, 0.5) is 0 Å². The average molecular weight is 458 g/mol. The van der Waals surface area contributed by atoms with Gasteiger partial charge in [0.15, 0.2) is 0 Å². The number of aryl methyl sites for hydroxylation is 1. The first-order chi connectivity index (χ1) is 15.4. The van der Waals surface area contributed by atoms with Crippen LogP contribution >= 0.6 is 0 Å². The molecule has 166 valence electrons. The van der Waals surface area contributed by atoms with Gasteiger partial charge in [-0.15, -0.1) is 0 Å². The van der Waals surface area contributed by atoms with Crippen molar-refractivity contribution >= 4 is 20.8 Å². The molecule has 0 spiro atoms. The Bertz CT molecular complexity index is 1410. The van der Waals surface area contributed by atoms with E-state index in [0.29, 0.717) is 17.8 Å². The molecule has 2 aromatic heterocycles. The Balaban J connectivity index is 1.38. The smallest absolute Gasteiger partial charge is 0.414 e. The third-order valence-electron chi connectivity index (χ3n) is 4.57. The molecule has 11 heteroatoms. The molecular formula is C21H18N2O8S. The Morgan fingerprint density at radius 1 is 1.06 bits per heavy atom. The lowest BCUT2D eigenvalue weighted by molar-refractivity contribution is -0.832. The number of sulfone groups is 1. The summed E-state index contributed by atoms with van der Waals surface area (Å²) in [5.74, 6) is 0.0734. The summed E-state index contributed by atoms with van der Waals surface area (Å²) in [6.07, 6.45) is 0.354.